The van der Waals surface area contributed by atoms with E-state index in [0.29, 0.717) is 0 Å². The molecule has 3 nitrogen and oxygen atoms in total. The molecule has 3 heteroatoms. The molecule has 8 aromatic rings. The molecule has 1 aliphatic rings. The molecule has 0 radical (unpaired) electrons. The van der Waals surface area contributed by atoms with Crippen molar-refractivity contribution in [1.82, 2.24) is 9.97 Å². The fourth-order valence-corrected chi connectivity index (χ4v) is 7.14. The van der Waals surface area contributed by atoms with E-state index in [2.05, 4.69) is 164 Å². The smallest absolute Gasteiger partial charge is 0.0978 e. The Morgan fingerprint density at radius 2 is 1.02 bits per heavy atom. The number of rotatable bonds is 6. The van der Waals surface area contributed by atoms with Crippen LogP contribution in [-0.4, -0.2) is 15.7 Å². The van der Waals surface area contributed by atoms with Crippen LogP contribution in [0.1, 0.15) is 22.6 Å². The van der Waals surface area contributed by atoms with E-state index in [0.717, 1.165) is 83.6 Å². The van der Waals surface area contributed by atoms with Crippen LogP contribution in [0.2, 0.25) is 0 Å². The number of aliphatic imine (C=N–C) groups is 1. The highest BCUT2D eigenvalue weighted by Crippen LogP contribution is 2.40. The van der Waals surface area contributed by atoms with E-state index in [4.69, 9.17) is 15.0 Å². The first-order chi connectivity index (χ1) is 25.2. The molecule has 0 N–H and O–H groups in total. The van der Waals surface area contributed by atoms with Gasteiger partial charge in [-0.25, -0.2) is 15.0 Å². The topological polar surface area (TPSA) is 38.1 Å². The molecule has 51 heavy (non-hydrogen) atoms. The highest BCUT2D eigenvalue weighted by atomic mass is 14.8. The second-order valence-electron chi connectivity index (χ2n) is 12.9. The minimum atomic E-state index is -0.0315. The molecule has 0 saturated carbocycles. The monoisotopic (exact) mass is 651 g/mol. The lowest BCUT2D eigenvalue weighted by Crippen LogP contribution is -2.16. The number of allylic oxidation sites excluding steroid dienone is 2. The molecule has 0 fully saturated rings. The summed E-state index contributed by atoms with van der Waals surface area (Å²) in [5.41, 5.74) is 13.8. The third-order valence-electron chi connectivity index (χ3n) is 9.72. The van der Waals surface area contributed by atoms with Crippen molar-refractivity contribution < 1.29 is 0 Å². The van der Waals surface area contributed by atoms with Gasteiger partial charge in [0.15, 0.2) is 0 Å². The molecule has 1 unspecified atom stereocenters. The second-order valence-corrected chi connectivity index (χ2v) is 12.9. The maximum absolute atomic E-state index is 5.47. The van der Waals surface area contributed by atoms with E-state index >= 15 is 0 Å². The van der Waals surface area contributed by atoms with Crippen LogP contribution < -0.4 is 0 Å². The van der Waals surface area contributed by atoms with Crippen LogP contribution in [0.3, 0.4) is 0 Å². The zero-order valence-electron chi connectivity index (χ0n) is 27.9. The Hall–Kier alpha value is -6.71. The number of aromatic nitrogens is 2. The second kappa shape index (κ2) is 13.0. The summed E-state index contributed by atoms with van der Waals surface area (Å²) >= 11 is 0. The number of benzene rings is 6. The number of nitrogens with zero attached hydrogens (tertiary/aromatic N) is 3. The van der Waals surface area contributed by atoms with E-state index in [1.165, 1.54) is 5.56 Å². The molecule has 0 saturated heterocycles. The predicted octanol–water partition coefficient (Wildman–Crippen LogP) is 12.0. The molecular formula is C48H33N3. The van der Waals surface area contributed by atoms with Gasteiger partial charge in [0.1, 0.15) is 0 Å². The van der Waals surface area contributed by atoms with E-state index in [1.807, 2.05) is 24.3 Å². The summed E-state index contributed by atoms with van der Waals surface area (Å²) in [5, 5.41) is 2.11. The summed E-state index contributed by atoms with van der Waals surface area (Å²) in [4.78, 5) is 16.1. The van der Waals surface area contributed by atoms with Crippen LogP contribution in [0.5, 0.6) is 0 Å². The lowest BCUT2D eigenvalue weighted by Gasteiger charge is -2.26. The van der Waals surface area contributed by atoms with Gasteiger partial charge in [0.2, 0.25) is 0 Å². The number of hydrogen-bond donors (Lipinski definition) is 0. The SMILES string of the molecule is C=C1C(c2ccccc2-c2cc(-c3ccccc3)c3ccc4ccc(-c5ccccc5)nc4c3n2)=NC(c2ccccc2)=CC1c1ccccc1. The van der Waals surface area contributed by atoms with Gasteiger partial charge < -0.3 is 0 Å². The van der Waals surface area contributed by atoms with Crippen LogP contribution in [-0.2, 0) is 0 Å². The minimum absolute atomic E-state index is 0.0315. The van der Waals surface area contributed by atoms with Gasteiger partial charge in [-0.15, -0.1) is 0 Å². The third kappa shape index (κ3) is 5.65. The van der Waals surface area contributed by atoms with Crippen molar-refractivity contribution >= 4 is 33.2 Å². The molecule has 1 aliphatic heterocycles. The normalized spacial score (nSPS) is 14.4. The summed E-state index contributed by atoms with van der Waals surface area (Å²) in [6.45, 7) is 4.68. The van der Waals surface area contributed by atoms with Crippen LogP contribution in [0, 0.1) is 0 Å². The maximum Gasteiger partial charge on any atom is 0.0978 e. The van der Waals surface area contributed by atoms with Gasteiger partial charge >= 0.3 is 0 Å². The molecule has 9 rings (SSSR count). The Kier molecular flexibility index (Phi) is 7.71. The Bertz CT molecular complexity index is 2620. The fourth-order valence-electron chi connectivity index (χ4n) is 7.14. The highest BCUT2D eigenvalue weighted by Gasteiger charge is 2.27. The van der Waals surface area contributed by atoms with Gasteiger partial charge in [0.25, 0.3) is 0 Å². The molecule has 0 spiro atoms. The lowest BCUT2D eigenvalue weighted by molar-refractivity contribution is 1.03. The summed E-state index contributed by atoms with van der Waals surface area (Å²) in [5.74, 6) is -0.0315. The van der Waals surface area contributed by atoms with Crippen molar-refractivity contribution in [3.8, 4) is 33.6 Å². The van der Waals surface area contributed by atoms with Crippen molar-refractivity contribution in [2.24, 2.45) is 4.99 Å². The van der Waals surface area contributed by atoms with E-state index in [9.17, 15) is 0 Å². The minimum Gasteiger partial charge on any atom is -0.248 e. The maximum atomic E-state index is 5.47. The Balaban J connectivity index is 1.28. The van der Waals surface area contributed by atoms with Gasteiger partial charge in [0.05, 0.1) is 33.8 Å². The zero-order valence-corrected chi connectivity index (χ0v) is 27.9. The van der Waals surface area contributed by atoms with E-state index in [1.54, 1.807) is 0 Å². The summed E-state index contributed by atoms with van der Waals surface area (Å²) in [6.07, 6.45) is 2.24. The molecule has 2 aromatic heterocycles. The molecule has 0 amide bonds. The van der Waals surface area contributed by atoms with Crippen molar-refractivity contribution in [2.75, 3.05) is 0 Å². The first-order valence-corrected chi connectivity index (χ1v) is 17.3. The molecule has 3 heterocycles. The molecule has 240 valence electrons. The number of pyridine rings is 2. The van der Waals surface area contributed by atoms with Gasteiger partial charge in [0, 0.05) is 33.4 Å². The molecule has 6 aromatic carbocycles. The first kappa shape index (κ1) is 30.4. The average molecular weight is 652 g/mol. The van der Waals surface area contributed by atoms with Gasteiger partial charge in [-0.05, 0) is 46.0 Å². The molecular weight excluding hydrogens is 619 g/mol. The van der Waals surface area contributed by atoms with Crippen LogP contribution in [0.4, 0.5) is 0 Å². The Morgan fingerprint density at radius 1 is 0.451 bits per heavy atom. The lowest BCUT2D eigenvalue weighted by atomic mass is 9.82. The quantitative estimate of drug-likeness (QED) is 0.168. The van der Waals surface area contributed by atoms with Gasteiger partial charge in [-0.3, -0.25) is 0 Å². The molecule has 0 bridgehead atoms. The van der Waals surface area contributed by atoms with E-state index < -0.39 is 0 Å². The zero-order chi connectivity index (χ0) is 34.1. The third-order valence-corrected chi connectivity index (χ3v) is 9.72. The van der Waals surface area contributed by atoms with Crippen LogP contribution >= 0.6 is 0 Å². The predicted molar refractivity (Wildman–Crippen MR) is 213 cm³/mol. The largest absolute Gasteiger partial charge is 0.248 e. The van der Waals surface area contributed by atoms with Crippen molar-refractivity contribution in [3.05, 3.63) is 211 Å². The summed E-state index contributed by atoms with van der Waals surface area (Å²) < 4.78 is 0. The van der Waals surface area contributed by atoms with Crippen LogP contribution in [0.25, 0.3) is 61.1 Å². The molecule has 1 atom stereocenters. The van der Waals surface area contributed by atoms with E-state index in [-0.39, 0.29) is 5.92 Å². The van der Waals surface area contributed by atoms with Crippen LogP contribution in [0.15, 0.2) is 199 Å². The summed E-state index contributed by atoms with van der Waals surface area (Å²) in [7, 11) is 0. The fraction of sp³-hybridized carbons (Fsp3) is 0.0208. The highest BCUT2D eigenvalue weighted by molar-refractivity contribution is 6.20. The number of hydrogen-bond acceptors (Lipinski definition) is 3. The standard InChI is InChI=1S/C48H33N3/c1-32-41(33-16-6-2-7-17-33)30-44(36-22-12-5-13-23-36)50-46(32)39-25-15-14-24-38(39)45-31-42(34-18-8-3-9-19-34)40-28-26-37-27-29-43(35-20-10-4-11-21-35)49-47(37)48(40)51-45/h2-31,41H,1H2. The average Bonchev–Trinajstić information content (AvgIpc) is 3.21. The van der Waals surface area contributed by atoms with Crippen molar-refractivity contribution in [2.45, 2.75) is 5.92 Å². The van der Waals surface area contributed by atoms with Crippen molar-refractivity contribution in [1.29, 1.82) is 0 Å². The van der Waals surface area contributed by atoms with Crippen molar-refractivity contribution in [3.63, 3.8) is 0 Å². The number of fused-ring (bicyclic) bond motifs is 3. The Labute approximate surface area is 297 Å². The summed E-state index contributed by atoms with van der Waals surface area (Å²) in [6, 6.07) is 61.1. The molecule has 0 aliphatic carbocycles. The van der Waals surface area contributed by atoms with Gasteiger partial charge in [-0.1, -0.05) is 170 Å². The Morgan fingerprint density at radius 3 is 1.73 bits per heavy atom. The first-order valence-electron chi connectivity index (χ1n) is 17.3. The van der Waals surface area contributed by atoms with Gasteiger partial charge in [-0.2, -0.15) is 0 Å².